The van der Waals surface area contributed by atoms with Crippen LogP contribution in [-0.4, -0.2) is 21.6 Å². The van der Waals surface area contributed by atoms with Crippen LogP contribution in [0.1, 0.15) is 5.56 Å². The van der Waals surface area contributed by atoms with E-state index in [2.05, 4.69) is 0 Å². The van der Waals surface area contributed by atoms with Crippen molar-refractivity contribution in [3.8, 4) is 16.9 Å². The van der Waals surface area contributed by atoms with Crippen molar-refractivity contribution in [1.29, 1.82) is 0 Å². The molecule has 0 fully saturated rings. The molecule has 0 saturated heterocycles. The lowest BCUT2D eigenvalue weighted by Crippen LogP contribution is -2.38. The number of hydrogen-bond donors (Lipinski definition) is 0. The van der Waals surface area contributed by atoms with Gasteiger partial charge in [0.2, 0.25) is 0 Å². The molecule has 4 rings (SSSR count). The highest BCUT2D eigenvalue weighted by Gasteiger charge is 2.35. The Morgan fingerprint density at radius 2 is 1.61 bits per heavy atom. The Balaban J connectivity index is 1.83. The third-order valence-electron chi connectivity index (χ3n) is 4.78. The van der Waals surface area contributed by atoms with E-state index in [1.165, 1.54) is 0 Å². The van der Waals surface area contributed by atoms with Crippen molar-refractivity contribution in [1.82, 2.24) is 0 Å². The molecule has 1 aliphatic heterocycles. The van der Waals surface area contributed by atoms with Gasteiger partial charge in [-0.15, -0.1) is 0 Å². The van der Waals surface area contributed by atoms with E-state index in [4.69, 9.17) is 27.9 Å². The maximum atomic E-state index is 13.3. The summed E-state index contributed by atoms with van der Waals surface area (Å²) < 4.78 is 72.4. The summed E-state index contributed by atoms with van der Waals surface area (Å²) in [7, 11) is -4.29. The third kappa shape index (κ3) is 4.07. The van der Waals surface area contributed by atoms with Crippen LogP contribution in [0.25, 0.3) is 11.1 Å². The Labute approximate surface area is 186 Å². The van der Waals surface area contributed by atoms with Crippen LogP contribution in [-0.2, 0) is 16.2 Å². The molecule has 0 aromatic heterocycles. The molecule has 3 aromatic carbocycles. The first kappa shape index (κ1) is 21.8. The molecular formula is C21H14Cl2F3NO3S. The Morgan fingerprint density at radius 3 is 2.29 bits per heavy atom. The van der Waals surface area contributed by atoms with Gasteiger partial charge in [0.25, 0.3) is 10.0 Å². The van der Waals surface area contributed by atoms with Crippen LogP contribution in [0.15, 0.2) is 65.6 Å². The molecule has 4 nitrogen and oxygen atoms in total. The van der Waals surface area contributed by atoms with E-state index in [-0.39, 0.29) is 24.6 Å². The summed E-state index contributed by atoms with van der Waals surface area (Å²) in [5.41, 5.74) is 0.204. The van der Waals surface area contributed by atoms with Gasteiger partial charge >= 0.3 is 6.18 Å². The van der Waals surface area contributed by atoms with E-state index in [9.17, 15) is 21.6 Å². The van der Waals surface area contributed by atoms with Gasteiger partial charge in [-0.25, -0.2) is 8.42 Å². The maximum absolute atomic E-state index is 13.3. The number of alkyl halides is 3. The standard InChI is InChI=1S/C21H14Cl2F3NO3S/c22-16-5-2-6-17(23)20(16)13-7-8-19-18(11-13)27(9-10-30-19)31(28,29)15-4-1-3-14(12-15)21(24,25)26/h1-8,11-12H,9-10H2. The van der Waals surface area contributed by atoms with Crippen LogP contribution < -0.4 is 9.04 Å². The quantitative estimate of drug-likeness (QED) is 0.437. The zero-order chi connectivity index (χ0) is 22.4. The van der Waals surface area contributed by atoms with Crippen LogP contribution in [0.4, 0.5) is 18.9 Å². The van der Waals surface area contributed by atoms with Gasteiger partial charge in [-0.3, -0.25) is 4.31 Å². The van der Waals surface area contributed by atoms with Gasteiger partial charge < -0.3 is 4.74 Å². The van der Waals surface area contributed by atoms with Gasteiger partial charge in [0.15, 0.2) is 0 Å². The van der Waals surface area contributed by atoms with Crippen LogP contribution in [0, 0.1) is 0 Å². The molecular weight excluding hydrogens is 474 g/mol. The first-order valence-electron chi connectivity index (χ1n) is 9.00. The van der Waals surface area contributed by atoms with Gasteiger partial charge in [0, 0.05) is 15.6 Å². The average Bonchev–Trinajstić information content (AvgIpc) is 2.72. The molecule has 0 bridgehead atoms. The predicted molar refractivity (Wildman–Crippen MR) is 113 cm³/mol. The second-order valence-electron chi connectivity index (χ2n) is 6.73. The molecule has 0 N–H and O–H groups in total. The van der Waals surface area contributed by atoms with E-state index in [0.717, 1.165) is 22.5 Å². The van der Waals surface area contributed by atoms with Crippen LogP contribution in [0.3, 0.4) is 0 Å². The Morgan fingerprint density at radius 1 is 0.935 bits per heavy atom. The largest absolute Gasteiger partial charge is 0.489 e. The molecule has 0 amide bonds. The number of anilines is 1. The maximum Gasteiger partial charge on any atom is 0.416 e. The zero-order valence-corrected chi connectivity index (χ0v) is 18.0. The van der Waals surface area contributed by atoms with Crippen molar-refractivity contribution < 1.29 is 26.3 Å². The van der Waals surface area contributed by atoms with Crippen molar-refractivity contribution in [2.75, 3.05) is 17.5 Å². The number of rotatable bonds is 3. The molecule has 162 valence electrons. The minimum Gasteiger partial charge on any atom is -0.489 e. The first-order chi connectivity index (χ1) is 14.6. The van der Waals surface area contributed by atoms with E-state index in [1.54, 1.807) is 36.4 Å². The number of benzene rings is 3. The molecule has 0 atom stereocenters. The molecule has 0 aliphatic carbocycles. The number of sulfonamides is 1. The normalized spacial score (nSPS) is 14.2. The molecule has 10 heteroatoms. The van der Waals surface area contributed by atoms with Crippen molar-refractivity contribution >= 4 is 38.9 Å². The summed E-state index contributed by atoms with van der Waals surface area (Å²) in [4.78, 5) is -0.462. The topological polar surface area (TPSA) is 46.6 Å². The Hall–Kier alpha value is -2.42. The third-order valence-corrected chi connectivity index (χ3v) is 7.22. The van der Waals surface area contributed by atoms with Gasteiger partial charge in [-0.1, -0.05) is 41.4 Å². The smallest absolute Gasteiger partial charge is 0.416 e. The van der Waals surface area contributed by atoms with Crippen LogP contribution in [0.2, 0.25) is 10.0 Å². The van der Waals surface area contributed by atoms with E-state index in [0.29, 0.717) is 27.2 Å². The summed E-state index contributed by atoms with van der Waals surface area (Å²) in [5, 5.41) is 0.743. The SMILES string of the molecule is O=S(=O)(c1cccc(C(F)(F)F)c1)N1CCOc2ccc(-c3c(Cl)cccc3Cl)cc21. The second kappa shape index (κ2) is 7.93. The highest BCUT2D eigenvalue weighted by atomic mass is 35.5. The lowest BCUT2D eigenvalue weighted by Gasteiger charge is -2.31. The minimum atomic E-state index is -4.66. The van der Waals surface area contributed by atoms with Crippen LogP contribution in [0.5, 0.6) is 5.75 Å². The van der Waals surface area contributed by atoms with Crippen molar-refractivity contribution in [2.24, 2.45) is 0 Å². The number of nitrogens with zero attached hydrogens (tertiary/aromatic N) is 1. The van der Waals surface area contributed by atoms with Crippen molar-refractivity contribution in [3.63, 3.8) is 0 Å². The highest BCUT2D eigenvalue weighted by Crippen LogP contribution is 2.42. The first-order valence-corrected chi connectivity index (χ1v) is 11.2. The predicted octanol–water partition coefficient (Wildman–Crippen LogP) is 6.27. The molecule has 0 saturated carbocycles. The molecule has 0 radical (unpaired) electrons. The number of fused-ring (bicyclic) bond motifs is 1. The molecule has 1 aliphatic rings. The molecule has 31 heavy (non-hydrogen) atoms. The summed E-state index contributed by atoms with van der Waals surface area (Å²) in [6.07, 6.45) is -4.66. The molecule has 0 spiro atoms. The number of hydrogen-bond acceptors (Lipinski definition) is 3. The Bertz CT molecular complexity index is 1240. The number of ether oxygens (including phenoxy) is 1. The fraction of sp³-hybridized carbons (Fsp3) is 0.143. The lowest BCUT2D eigenvalue weighted by atomic mass is 10.0. The van der Waals surface area contributed by atoms with Crippen LogP contribution >= 0.6 is 23.2 Å². The minimum absolute atomic E-state index is 0.0530. The van der Waals surface area contributed by atoms with E-state index < -0.39 is 26.7 Å². The fourth-order valence-corrected chi connectivity index (χ4v) is 5.45. The van der Waals surface area contributed by atoms with Gasteiger partial charge in [0.05, 0.1) is 22.7 Å². The van der Waals surface area contributed by atoms with Gasteiger partial charge in [-0.05, 0) is 48.0 Å². The molecule has 0 unspecified atom stereocenters. The molecule has 3 aromatic rings. The van der Waals surface area contributed by atoms with Gasteiger partial charge in [-0.2, -0.15) is 13.2 Å². The summed E-state index contributed by atoms with van der Waals surface area (Å²) in [6.45, 7) is -0.0112. The highest BCUT2D eigenvalue weighted by molar-refractivity contribution is 7.92. The average molecular weight is 488 g/mol. The van der Waals surface area contributed by atoms with Crippen molar-refractivity contribution in [3.05, 3.63) is 76.3 Å². The lowest BCUT2D eigenvalue weighted by molar-refractivity contribution is -0.137. The van der Waals surface area contributed by atoms with E-state index in [1.807, 2.05) is 0 Å². The monoisotopic (exact) mass is 487 g/mol. The molecule has 1 heterocycles. The van der Waals surface area contributed by atoms with E-state index >= 15 is 0 Å². The van der Waals surface area contributed by atoms with Gasteiger partial charge in [0.1, 0.15) is 12.4 Å². The fourth-order valence-electron chi connectivity index (χ4n) is 3.33. The zero-order valence-electron chi connectivity index (χ0n) is 15.7. The summed E-state index contributed by atoms with van der Waals surface area (Å²) >= 11 is 12.6. The summed E-state index contributed by atoms with van der Waals surface area (Å²) in [5.74, 6) is 0.286. The Kier molecular flexibility index (Phi) is 5.57. The second-order valence-corrected chi connectivity index (χ2v) is 9.41. The number of halogens is 5. The van der Waals surface area contributed by atoms with Crippen molar-refractivity contribution in [2.45, 2.75) is 11.1 Å². The summed E-state index contributed by atoms with van der Waals surface area (Å²) in [6, 6.07) is 13.4.